The maximum atomic E-state index is 9.85. The van der Waals surface area contributed by atoms with Crippen molar-refractivity contribution in [3.8, 4) is 0 Å². The number of carbonyl (C=O) groups excluding carboxylic acids is 1. The first-order chi connectivity index (χ1) is 4.81. The highest BCUT2D eigenvalue weighted by Gasteiger charge is 1.84. The Kier molecular flexibility index (Phi) is 5.80. The highest BCUT2D eigenvalue weighted by Crippen LogP contribution is 2.03. The van der Waals surface area contributed by atoms with E-state index in [0.717, 1.165) is 18.3 Å². The molecule has 0 fully saturated rings. The molecule has 56 valence electrons. The van der Waals surface area contributed by atoms with Gasteiger partial charge in [0.15, 0.2) is 6.29 Å². The van der Waals surface area contributed by atoms with Crippen LogP contribution in [0.1, 0.15) is 33.1 Å². The molecule has 10 heavy (non-hydrogen) atoms. The Morgan fingerprint density at radius 3 is 2.80 bits per heavy atom. The minimum atomic E-state index is 0.759. The fourth-order valence-electron chi connectivity index (χ4n) is 0.690. The summed E-state index contributed by atoms with van der Waals surface area (Å²) >= 11 is 0. The van der Waals surface area contributed by atoms with Crippen LogP contribution < -0.4 is 0 Å². The molecule has 0 unspecified atom stereocenters. The quantitative estimate of drug-likeness (QED) is 0.331. The Morgan fingerprint density at radius 1 is 1.60 bits per heavy atom. The minimum absolute atomic E-state index is 0.759. The van der Waals surface area contributed by atoms with Gasteiger partial charge in [-0.3, -0.25) is 4.79 Å². The molecule has 0 saturated heterocycles. The SMILES string of the molecule is CCCCC(C)=C=CC=O. The van der Waals surface area contributed by atoms with E-state index in [9.17, 15) is 4.79 Å². The topological polar surface area (TPSA) is 17.1 Å². The zero-order valence-corrected chi connectivity index (χ0v) is 6.68. The summed E-state index contributed by atoms with van der Waals surface area (Å²) in [6, 6.07) is 0. The van der Waals surface area contributed by atoms with Gasteiger partial charge in [-0.1, -0.05) is 13.3 Å². The van der Waals surface area contributed by atoms with Crippen molar-refractivity contribution in [3.05, 3.63) is 17.4 Å². The van der Waals surface area contributed by atoms with E-state index >= 15 is 0 Å². The molecule has 0 aliphatic rings. The summed E-state index contributed by atoms with van der Waals surface area (Å²) in [5.74, 6) is 0. The third-order valence-corrected chi connectivity index (χ3v) is 1.30. The summed E-state index contributed by atoms with van der Waals surface area (Å²) in [6.07, 6.45) is 5.62. The summed E-state index contributed by atoms with van der Waals surface area (Å²) in [5.41, 5.74) is 4.05. The van der Waals surface area contributed by atoms with Crippen molar-refractivity contribution in [2.75, 3.05) is 0 Å². The molecule has 0 aromatic rings. The first kappa shape index (κ1) is 9.19. The van der Waals surface area contributed by atoms with Crippen molar-refractivity contribution in [2.24, 2.45) is 0 Å². The van der Waals surface area contributed by atoms with Gasteiger partial charge in [0, 0.05) is 6.08 Å². The molecule has 0 heterocycles. The molecule has 0 aliphatic heterocycles. The van der Waals surface area contributed by atoms with Crippen LogP contribution in [0.2, 0.25) is 0 Å². The largest absolute Gasteiger partial charge is 0.298 e. The van der Waals surface area contributed by atoms with Crippen LogP contribution >= 0.6 is 0 Å². The van der Waals surface area contributed by atoms with Crippen LogP contribution in [-0.4, -0.2) is 6.29 Å². The fourth-order valence-corrected chi connectivity index (χ4v) is 0.690. The average molecular weight is 138 g/mol. The lowest BCUT2D eigenvalue weighted by molar-refractivity contribution is -0.104. The zero-order chi connectivity index (χ0) is 7.82. The molecule has 0 aromatic heterocycles. The van der Waals surface area contributed by atoms with E-state index in [-0.39, 0.29) is 0 Å². The zero-order valence-electron chi connectivity index (χ0n) is 6.68. The molecule has 0 spiro atoms. The van der Waals surface area contributed by atoms with Crippen LogP contribution in [-0.2, 0) is 4.79 Å². The van der Waals surface area contributed by atoms with E-state index in [4.69, 9.17) is 0 Å². The molecule has 0 atom stereocenters. The number of rotatable bonds is 4. The van der Waals surface area contributed by atoms with Gasteiger partial charge in [-0.2, -0.15) is 0 Å². The molecule has 0 saturated carbocycles. The van der Waals surface area contributed by atoms with Crippen molar-refractivity contribution in [2.45, 2.75) is 33.1 Å². The van der Waals surface area contributed by atoms with E-state index < -0.39 is 0 Å². The lowest BCUT2D eigenvalue weighted by atomic mass is 10.1. The van der Waals surface area contributed by atoms with Crippen LogP contribution in [0.15, 0.2) is 17.4 Å². The van der Waals surface area contributed by atoms with Crippen molar-refractivity contribution < 1.29 is 4.79 Å². The Morgan fingerprint density at radius 2 is 2.30 bits per heavy atom. The fraction of sp³-hybridized carbons (Fsp3) is 0.556. The number of allylic oxidation sites excluding steroid dienone is 1. The third-order valence-electron chi connectivity index (χ3n) is 1.30. The predicted octanol–water partition coefficient (Wildman–Crippen LogP) is 2.48. The molecule has 0 rings (SSSR count). The normalized spacial score (nSPS) is 8.20. The van der Waals surface area contributed by atoms with Gasteiger partial charge in [-0.15, -0.1) is 5.73 Å². The molecule has 0 aliphatic carbocycles. The molecular formula is C9H14O. The smallest absolute Gasteiger partial charge is 0.150 e. The van der Waals surface area contributed by atoms with E-state index in [0.29, 0.717) is 0 Å². The molecule has 1 nitrogen and oxygen atoms in total. The molecule has 1 heteroatoms. The second-order valence-electron chi connectivity index (χ2n) is 2.33. The minimum Gasteiger partial charge on any atom is -0.298 e. The number of aldehydes is 1. The van der Waals surface area contributed by atoms with Gasteiger partial charge < -0.3 is 0 Å². The molecule has 0 radical (unpaired) electrons. The predicted molar refractivity (Wildman–Crippen MR) is 42.9 cm³/mol. The molecule has 0 bridgehead atoms. The summed E-state index contributed by atoms with van der Waals surface area (Å²) < 4.78 is 0. The van der Waals surface area contributed by atoms with Crippen LogP contribution in [0.4, 0.5) is 0 Å². The maximum absolute atomic E-state index is 9.85. The Hall–Kier alpha value is -0.810. The van der Waals surface area contributed by atoms with Gasteiger partial charge in [-0.25, -0.2) is 0 Å². The second kappa shape index (κ2) is 6.31. The van der Waals surface area contributed by atoms with E-state index in [1.54, 1.807) is 0 Å². The van der Waals surface area contributed by atoms with E-state index in [2.05, 4.69) is 12.7 Å². The van der Waals surface area contributed by atoms with Gasteiger partial charge in [0.1, 0.15) is 0 Å². The van der Waals surface area contributed by atoms with Crippen LogP contribution in [0, 0.1) is 0 Å². The van der Waals surface area contributed by atoms with Gasteiger partial charge in [0.25, 0.3) is 0 Å². The van der Waals surface area contributed by atoms with Gasteiger partial charge in [-0.05, 0) is 25.3 Å². The van der Waals surface area contributed by atoms with Gasteiger partial charge >= 0.3 is 0 Å². The highest BCUT2D eigenvalue weighted by atomic mass is 16.1. The van der Waals surface area contributed by atoms with Gasteiger partial charge in [0.2, 0.25) is 0 Å². The average Bonchev–Trinajstić information content (AvgIpc) is 1.97. The molecular weight excluding hydrogens is 124 g/mol. The number of carbonyl (C=O) groups is 1. The standard InChI is InChI=1S/C9H14O/c1-3-4-6-9(2)7-5-8-10/h5,8H,3-4,6H2,1-2H3. The Bertz CT molecular complexity index is 150. The van der Waals surface area contributed by atoms with Crippen molar-refractivity contribution in [1.29, 1.82) is 0 Å². The highest BCUT2D eigenvalue weighted by molar-refractivity contribution is 5.64. The first-order valence-electron chi connectivity index (χ1n) is 3.67. The van der Waals surface area contributed by atoms with E-state index in [1.165, 1.54) is 18.9 Å². The first-order valence-corrected chi connectivity index (χ1v) is 3.67. The van der Waals surface area contributed by atoms with E-state index in [1.807, 2.05) is 6.92 Å². The summed E-state index contributed by atoms with van der Waals surface area (Å²) in [6.45, 7) is 4.15. The maximum Gasteiger partial charge on any atom is 0.150 e. The van der Waals surface area contributed by atoms with Crippen LogP contribution in [0.5, 0.6) is 0 Å². The molecule has 0 amide bonds. The Labute approximate surface area is 62.4 Å². The summed E-state index contributed by atoms with van der Waals surface area (Å²) in [4.78, 5) is 9.85. The van der Waals surface area contributed by atoms with Crippen molar-refractivity contribution >= 4 is 6.29 Å². The van der Waals surface area contributed by atoms with Crippen molar-refractivity contribution in [1.82, 2.24) is 0 Å². The lowest BCUT2D eigenvalue weighted by Gasteiger charge is -1.92. The third kappa shape index (κ3) is 5.33. The summed E-state index contributed by atoms with van der Waals surface area (Å²) in [5, 5.41) is 0. The number of hydrogen-bond donors (Lipinski definition) is 0. The lowest BCUT2D eigenvalue weighted by Crippen LogP contribution is -1.73. The van der Waals surface area contributed by atoms with Crippen LogP contribution in [0.25, 0.3) is 0 Å². The Balaban J connectivity index is 3.70. The summed E-state index contributed by atoms with van der Waals surface area (Å²) in [7, 11) is 0. The molecule has 0 N–H and O–H groups in total. The number of unbranched alkanes of at least 4 members (excludes halogenated alkanes) is 1. The molecule has 0 aromatic carbocycles. The van der Waals surface area contributed by atoms with Gasteiger partial charge in [0.05, 0.1) is 0 Å². The monoisotopic (exact) mass is 138 g/mol. The number of hydrogen-bond acceptors (Lipinski definition) is 1. The van der Waals surface area contributed by atoms with Crippen molar-refractivity contribution in [3.63, 3.8) is 0 Å². The van der Waals surface area contributed by atoms with Crippen LogP contribution in [0.3, 0.4) is 0 Å². The second-order valence-corrected chi connectivity index (χ2v) is 2.33.